The van der Waals surface area contributed by atoms with E-state index in [1.165, 1.54) is 0 Å². The van der Waals surface area contributed by atoms with E-state index >= 15 is 0 Å². The van der Waals surface area contributed by atoms with Gasteiger partial charge in [0.05, 0.1) is 0 Å². The van der Waals surface area contributed by atoms with E-state index in [2.05, 4.69) is 10.6 Å². The van der Waals surface area contributed by atoms with Gasteiger partial charge >= 0.3 is 12.0 Å². The second kappa shape index (κ2) is 7.28. The van der Waals surface area contributed by atoms with Crippen molar-refractivity contribution in [3.8, 4) is 0 Å². The van der Waals surface area contributed by atoms with Gasteiger partial charge in [-0.2, -0.15) is 0 Å². The zero-order valence-corrected chi connectivity index (χ0v) is 12.1. The van der Waals surface area contributed by atoms with Crippen LogP contribution in [0.3, 0.4) is 0 Å². The van der Waals surface area contributed by atoms with Gasteiger partial charge in [0.25, 0.3) is 0 Å². The monoisotopic (exact) mass is 297 g/mol. The first kappa shape index (κ1) is 15.6. The normalized spacial score (nSPS) is 23.0. The molecule has 7 heteroatoms. The minimum atomic E-state index is -0.756. The molecule has 2 saturated heterocycles. The maximum absolute atomic E-state index is 12.0. The Morgan fingerprint density at radius 2 is 2.00 bits per heavy atom. The number of aliphatic carboxylic acids is 1. The molecule has 3 amide bonds. The van der Waals surface area contributed by atoms with Crippen LogP contribution in [-0.4, -0.2) is 53.6 Å². The summed E-state index contributed by atoms with van der Waals surface area (Å²) < 4.78 is 0. The molecule has 0 radical (unpaired) electrons. The van der Waals surface area contributed by atoms with Crippen molar-refractivity contribution in [2.75, 3.05) is 19.6 Å². The fraction of sp³-hybridized carbons (Fsp3) is 0.786. The Kier molecular flexibility index (Phi) is 5.41. The zero-order valence-electron chi connectivity index (χ0n) is 12.1. The van der Waals surface area contributed by atoms with Gasteiger partial charge in [0, 0.05) is 38.5 Å². The van der Waals surface area contributed by atoms with Crippen molar-refractivity contribution in [3.63, 3.8) is 0 Å². The third kappa shape index (κ3) is 4.91. The highest BCUT2D eigenvalue weighted by Gasteiger charge is 2.25. The minimum Gasteiger partial charge on any atom is -0.481 e. The molecule has 3 N–H and O–H groups in total. The van der Waals surface area contributed by atoms with Crippen molar-refractivity contribution in [2.45, 2.75) is 44.6 Å². The molecule has 2 aliphatic heterocycles. The zero-order chi connectivity index (χ0) is 15.2. The van der Waals surface area contributed by atoms with Gasteiger partial charge in [0.15, 0.2) is 0 Å². The van der Waals surface area contributed by atoms with Gasteiger partial charge in [-0.15, -0.1) is 0 Å². The van der Waals surface area contributed by atoms with Crippen molar-refractivity contribution in [2.24, 2.45) is 5.92 Å². The number of amides is 3. The number of rotatable bonds is 5. The molecule has 7 nitrogen and oxygen atoms in total. The Hall–Kier alpha value is -1.79. The highest BCUT2D eigenvalue weighted by atomic mass is 16.4. The van der Waals surface area contributed by atoms with Crippen molar-refractivity contribution < 1.29 is 19.5 Å². The van der Waals surface area contributed by atoms with Crippen LogP contribution in [0.2, 0.25) is 0 Å². The molecule has 2 heterocycles. The van der Waals surface area contributed by atoms with Crippen LogP contribution in [0.5, 0.6) is 0 Å². The Labute approximate surface area is 124 Å². The van der Waals surface area contributed by atoms with Gasteiger partial charge in [0.2, 0.25) is 5.91 Å². The molecular formula is C14H23N3O4. The lowest BCUT2D eigenvalue weighted by Crippen LogP contribution is -2.47. The van der Waals surface area contributed by atoms with Crippen LogP contribution in [0.25, 0.3) is 0 Å². The molecule has 2 aliphatic rings. The molecule has 2 rings (SSSR count). The summed E-state index contributed by atoms with van der Waals surface area (Å²) in [6.45, 7) is 1.82. The van der Waals surface area contributed by atoms with E-state index in [1.807, 2.05) is 0 Å². The van der Waals surface area contributed by atoms with Gasteiger partial charge in [-0.25, -0.2) is 4.79 Å². The summed E-state index contributed by atoms with van der Waals surface area (Å²) in [5.41, 5.74) is 0. The number of hydrogen-bond donors (Lipinski definition) is 3. The van der Waals surface area contributed by atoms with Crippen LogP contribution in [-0.2, 0) is 9.59 Å². The van der Waals surface area contributed by atoms with Gasteiger partial charge in [-0.05, 0) is 31.6 Å². The molecule has 0 aromatic carbocycles. The van der Waals surface area contributed by atoms with E-state index in [9.17, 15) is 14.4 Å². The quantitative estimate of drug-likeness (QED) is 0.690. The molecule has 2 fully saturated rings. The number of nitrogens with zero attached hydrogens (tertiary/aromatic N) is 1. The lowest BCUT2D eigenvalue weighted by molar-refractivity contribution is -0.137. The van der Waals surface area contributed by atoms with E-state index in [4.69, 9.17) is 5.11 Å². The largest absolute Gasteiger partial charge is 0.481 e. The SMILES string of the molecule is O=C(O)CCC1CCN(C(=O)NCC2CCC(=O)N2)CC1. The summed E-state index contributed by atoms with van der Waals surface area (Å²) in [4.78, 5) is 35.4. The summed E-state index contributed by atoms with van der Waals surface area (Å²) in [5, 5.41) is 14.3. The smallest absolute Gasteiger partial charge is 0.317 e. The average molecular weight is 297 g/mol. The van der Waals surface area contributed by atoms with Gasteiger partial charge in [-0.1, -0.05) is 0 Å². The van der Waals surface area contributed by atoms with E-state index < -0.39 is 5.97 Å². The maximum Gasteiger partial charge on any atom is 0.317 e. The summed E-state index contributed by atoms with van der Waals surface area (Å²) in [5.74, 6) is -0.304. The summed E-state index contributed by atoms with van der Waals surface area (Å²) >= 11 is 0. The summed E-state index contributed by atoms with van der Waals surface area (Å²) in [6.07, 6.45) is 3.94. The van der Waals surface area contributed by atoms with E-state index in [1.54, 1.807) is 4.90 Å². The first-order valence-electron chi connectivity index (χ1n) is 7.58. The molecule has 0 aromatic rings. The van der Waals surface area contributed by atoms with Gasteiger partial charge in [0.1, 0.15) is 0 Å². The molecule has 0 bridgehead atoms. The van der Waals surface area contributed by atoms with E-state index in [-0.39, 0.29) is 24.4 Å². The molecular weight excluding hydrogens is 274 g/mol. The Morgan fingerprint density at radius 1 is 1.29 bits per heavy atom. The second-order valence-electron chi connectivity index (χ2n) is 5.85. The predicted octanol–water partition coefficient (Wildman–Crippen LogP) is 0.551. The van der Waals surface area contributed by atoms with Crippen LogP contribution >= 0.6 is 0 Å². The molecule has 1 atom stereocenters. The third-order valence-corrected chi connectivity index (χ3v) is 4.25. The number of carboxylic acid groups (broad SMARTS) is 1. The standard InChI is InChI=1S/C14H23N3O4/c18-12-3-2-11(16-12)9-15-14(21)17-7-5-10(6-8-17)1-4-13(19)20/h10-11H,1-9H2,(H,15,21)(H,16,18)(H,19,20). The van der Waals surface area contributed by atoms with Crippen molar-refractivity contribution in [1.82, 2.24) is 15.5 Å². The molecule has 21 heavy (non-hydrogen) atoms. The number of hydrogen-bond acceptors (Lipinski definition) is 3. The van der Waals surface area contributed by atoms with E-state index in [0.717, 1.165) is 19.3 Å². The van der Waals surface area contributed by atoms with Crippen LogP contribution < -0.4 is 10.6 Å². The highest BCUT2D eigenvalue weighted by Crippen LogP contribution is 2.21. The topological polar surface area (TPSA) is 98.7 Å². The first-order chi connectivity index (χ1) is 10.0. The fourth-order valence-corrected chi connectivity index (χ4v) is 2.91. The molecule has 0 spiro atoms. The van der Waals surface area contributed by atoms with Crippen molar-refractivity contribution >= 4 is 17.9 Å². The fourth-order valence-electron chi connectivity index (χ4n) is 2.91. The third-order valence-electron chi connectivity index (χ3n) is 4.25. The Bertz CT molecular complexity index is 405. The van der Waals surface area contributed by atoms with Gasteiger partial charge < -0.3 is 20.6 Å². The molecule has 0 aromatic heterocycles. The Morgan fingerprint density at radius 3 is 2.57 bits per heavy atom. The minimum absolute atomic E-state index is 0.0495. The average Bonchev–Trinajstić information content (AvgIpc) is 2.89. The number of nitrogens with one attached hydrogen (secondary N) is 2. The lowest BCUT2D eigenvalue weighted by Gasteiger charge is -2.32. The number of carboxylic acids is 1. The van der Waals surface area contributed by atoms with Crippen LogP contribution in [0.4, 0.5) is 4.79 Å². The van der Waals surface area contributed by atoms with Crippen molar-refractivity contribution in [1.29, 1.82) is 0 Å². The molecule has 0 aliphatic carbocycles. The summed E-state index contributed by atoms with van der Waals surface area (Å²) in [6, 6.07) is -0.0395. The maximum atomic E-state index is 12.0. The lowest BCUT2D eigenvalue weighted by atomic mass is 9.92. The van der Waals surface area contributed by atoms with Crippen LogP contribution in [0.1, 0.15) is 38.5 Å². The molecule has 1 unspecified atom stereocenters. The number of likely N-dealkylation sites (tertiary alicyclic amines) is 1. The number of piperidine rings is 1. The highest BCUT2D eigenvalue weighted by molar-refractivity contribution is 5.79. The second-order valence-corrected chi connectivity index (χ2v) is 5.85. The van der Waals surface area contributed by atoms with E-state index in [0.29, 0.717) is 38.4 Å². The number of carbonyl (C=O) groups excluding carboxylic acids is 2. The summed E-state index contributed by atoms with van der Waals surface area (Å²) in [7, 11) is 0. The molecule has 118 valence electrons. The van der Waals surface area contributed by atoms with Crippen LogP contribution in [0, 0.1) is 5.92 Å². The van der Waals surface area contributed by atoms with Crippen molar-refractivity contribution in [3.05, 3.63) is 0 Å². The number of carbonyl (C=O) groups is 3. The molecule has 0 saturated carbocycles. The van der Waals surface area contributed by atoms with Crippen LogP contribution in [0.15, 0.2) is 0 Å². The van der Waals surface area contributed by atoms with Gasteiger partial charge in [-0.3, -0.25) is 9.59 Å². The predicted molar refractivity (Wildman–Crippen MR) is 75.7 cm³/mol. The first-order valence-corrected chi connectivity index (χ1v) is 7.58. The Balaban J connectivity index is 1.63. The number of urea groups is 1.